The molecule has 0 heterocycles. The highest BCUT2D eigenvalue weighted by molar-refractivity contribution is 6.42. The zero-order valence-corrected chi connectivity index (χ0v) is 18.9. The van der Waals surface area contributed by atoms with Crippen molar-refractivity contribution < 1.29 is 14.0 Å². The van der Waals surface area contributed by atoms with Crippen molar-refractivity contribution in [3.63, 3.8) is 0 Å². The van der Waals surface area contributed by atoms with Crippen molar-refractivity contribution in [2.75, 3.05) is 6.54 Å². The highest BCUT2D eigenvalue weighted by atomic mass is 35.5. The number of rotatable bonds is 9. The molecule has 1 unspecified atom stereocenters. The van der Waals surface area contributed by atoms with Gasteiger partial charge in [0.1, 0.15) is 11.9 Å². The molecule has 2 rings (SSSR count). The Morgan fingerprint density at radius 1 is 1.03 bits per heavy atom. The Hall–Kier alpha value is -2.11. The van der Waals surface area contributed by atoms with Crippen LogP contribution in [0.3, 0.4) is 0 Å². The molecule has 0 fully saturated rings. The van der Waals surface area contributed by atoms with E-state index in [1.54, 1.807) is 35.2 Å². The van der Waals surface area contributed by atoms with Crippen LogP contribution in [-0.4, -0.2) is 29.3 Å². The number of hydrogen-bond donors (Lipinski definition) is 1. The molecule has 0 aliphatic carbocycles. The van der Waals surface area contributed by atoms with Crippen molar-refractivity contribution in [1.29, 1.82) is 0 Å². The Morgan fingerprint density at radius 3 is 2.23 bits per heavy atom. The van der Waals surface area contributed by atoms with E-state index in [0.717, 1.165) is 5.56 Å². The van der Waals surface area contributed by atoms with E-state index in [-0.39, 0.29) is 30.6 Å². The van der Waals surface area contributed by atoms with Crippen molar-refractivity contribution >= 4 is 35.0 Å². The minimum absolute atomic E-state index is 0.0650. The van der Waals surface area contributed by atoms with Crippen molar-refractivity contribution in [3.8, 4) is 0 Å². The largest absolute Gasteiger partial charge is 0.354 e. The number of nitrogens with one attached hydrogen (secondary N) is 1. The summed E-state index contributed by atoms with van der Waals surface area (Å²) in [4.78, 5) is 27.6. The Kier molecular flexibility index (Phi) is 9.12. The van der Waals surface area contributed by atoms with Gasteiger partial charge in [-0.2, -0.15) is 0 Å². The topological polar surface area (TPSA) is 49.4 Å². The fraction of sp³-hybridized carbons (Fsp3) is 0.391. The minimum atomic E-state index is -0.633. The minimum Gasteiger partial charge on any atom is -0.354 e. The lowest BCUT2D eigenvalue weighted by atomic mass is 10.1. The first-order valence-corrected chi connectivity index (χ1v) is 10.7. The van der Waals surface area contributed by atoms with Crippen LogP contribution in [0, 0.1) is 11.7 Å². The molecule has 1 N–H and O–H groups in total. The van der Waals surface area contributed by atoms with E-state index < -0.39 is 6.04 Å². The van der Waals surface area contributed by atoms with E-state index >= 15 is 0 Å². The van der Waals surface area contributed by atoms with Crippen molar-refractivity contribution in [2.45, 2.75) is 46.2 Å². The molecule has 1 atom stereocenters. The third-order valence-electron chi connectivity index (χ3n) is 4.68. The van der Waals surface area contributed by atoms with Crippen LogP contribution in [0.2, 0.25) is 10.0 Å². The summed E-state index contributed by atoms with van der Waals surface area (Å²) in [5, 5.41) is 3.73. The van der Waals surface area contributed by atoms with Gasteiger partial charge >= 0.3 is 0 Å². The molecule has 2 aromatic rings. The van der Waals surface area contributed by atoms with Crippen molar-refractivity contribution in [3.05, 3.63) is 69.5 Å². The number of nitrogens with zero attached hydrogens (tertiary/aromatic N) is 1. The molecule has 7 heteroatoms. The lowest BCUT2D eigenvalue weighted by molar-refractivity contribution is -0.141. The zero-order valence-electron chi connectivity index (χ0n) is 17.4. The molecule has 4 nitrogen and oxygen atoms in total. The van der Waals surface area contributed by atoms with E-state index in [9.17, 15) is 14.0 Å². The molecule has 2 aromatic carbocycles. The molecule has 162 valence electrons. The molecule has 0 saturated heterocycles. The molecule has 0 aliphatic rings. The Bertz CT molecular complexity index is 872. The molecular weight excluding hydrogens is 426 g/mol. The van der Waals surface area contributed by atoms with E-state index in [1.807, 2.05) is 20.8 Å². The molecule has 0 bridgehead atoms. The SMILES string of the molecule is CCC(C(=O)NCC(C)C)N(Cc1ccc(Cl)c(Cl)c1)C(=O)Cc1ccc(F)cc1. The van der Waals surface area contributed by atoms with Gasteiger partial charge < -0.3 is 10.2 Å². The standard InChI is InChI=1S/C23H27Cl2FN2O2/c1-4-21(23(30)27-13-15(2)3)28(14-17-7-10-19(24)20(25)11-17)22(29)12-16-5-8-18(26)9-6-16/h5-11,15,21H,4,12-14H2,1-3H3,(H,27,30). The average molecular weight is 453 g/mol. The Morgan fingerprint density at radius 2 is 1.67 bits per heavy atom. The van der Waals surface area contributed by atoms with E-state index in [4.69, 9.17) is 23.2 Å². The summed E-state index contributed by atoms with van der Waals surface area (Å²) >= 11 is 12.1. The van der Waals surface area contributed by atoms with Crippen LogP contribution in [0.4, 0.5) is 4.39 Å². The maximum Gasteiger partial charge on any atom is 0.242 e. The molecule has 0 aromatic heterocycles. The van der Waals surface area contributed by atoms with Gasteiger partial charge in [0, 0.05) is 13.1 Å². The fourth-order valence-electron chi connectivity index (χ4n) is 3.06. The molecule has 0 radical (unpaired) electrons. The third kappa shape index (κ3) is 6.99. The van der Waals surface area contributed by atoms with Gasteiger partial charge in [0.25, 0.3) is 0 Å². The van der Waals surface area contributed by atoms with Crippen LogP contribution >= 0.6 is 23.2 Å². The monoisotopic (exact) mass is 452 g/mol. The van der Waals surface area contributed by atoms with Crippen molar-refractivity contribution in [2.24, 2.45) is 5.92 Å². The first-order chi connectivity index (χ1) is 14.2. The first kappa shape index (κ1) is 24.2. The zero-order chi connectivity index (χ0) is 22.3. The maximum atomic E-state index is 13.2. The lowest BCUT2D eigenvalue weighted by Gasteiger charge is -2.31. The van der Waals surface area contributed by atoms with E-state index in [2.05, 4.69) is 5.32 Å². The Labute approximate surface area is 187 Å². The highest BCUT2D eigenvalue weighted by Crippen LogP contribution is 2.24. The van der Waals surface area contributed by atoms with Crippen LogP contribution in [0.25, 0.3) is 0 Å². The van der Waals surface area contributed by atoms with Crippen LogP contribution in [0.5, 0.6) is 0 Å². The van der Waals surface area contributed by atoms with Gasteiger partial charge in [0.15, 0.2) is 0 Å². The number of amides is 2. The number of hydrogen-bond acceptors (Lipinski definition) is 2. The first-order valence-electron chi connectivity index (χ1n) is 9.96. The molecule has 0 saturated carbocycles. The molecule has 30 heavy (non-hydrogen) atoms. The number of benzene rings is 2. The number of carbonyl (C=O) groups is 2. The maximum absolute atomic E-state index is 13.2. The van der Waals surface area contributed by atoms with Gasteiger partial charge in [-0.3, -0.25) is 9.59 Å². The van der Waals surface area contributed by atoms with Crippen LogP contribution in [0.15, 0.2) is 42.5 Å². The average Bonchev–Trinajstić information content (AvgIpc) is 2.70. The second-order valence-corrected chi connectivity index (χ2v) is 8.45. The molecule has 0 aliphatic heterocycles. The highest BCUT2D eigenvalue weighted by Gasteiger charge is 2.28. The van der Waals surface area contributed by atoms with E-state index in [0.29, 0.717) is 34.5 Å². The molecule has 2 amide bonds. The van der Waals surface area contributed by atoms with Crippen LogP contribution < -0.4 is 5.32 Å². The predicted octanol–water partition coefficient (Wildman–Crippen LogP) is 5.25. The van der Waals surface area contributed by atoms with Crippen LogP contribution in [0.1, 0.15) is 38.3 Å². The van der Waals surface area contributed by atoms with Gasteiger partial charge in [-0.1, -0.05) is 62.2 Å². The second kappa shape index (κ2) is 11.3. The summed E-state index contributed by atoms with van der Waals surface area (Å²) in [5.41, 5.74) is 1.45. The fourth-order valence-corrected chi connectivity index (χ4v) is 3.38. The van der Waals surface area contributed by atoms with Gasteiger partial charge in [-0.25, -0.2) is 4.39 Å². The summed E-state index contributed by atoms with van der Waals surface area (Å²) in [6.45, 7) is 6.63. The molecule has 0 spiro atoms. The van der Waals surface area contributed by atoms with Gasteiger partial charge in [0.05, 0.1) is 16.5 Å². The number of carbonyl (C=O) groups excluding carboxylic acids is 2. The van der Waals surface area contributed by atoms with E-state index in [1.165, 1.54) is 12.1 Å². The summed E-state index contributed by atoms with van der Waals surface area (Å²) in [7, 11) is 0. The third-order valence-corrected chi connectivity index (χ3v) is 5.42. The van der Waals surface area contributed by atoms with Gasteiger partial charge in [-0.05, 0) is 47.7 Å². The number of halogens is 3. The second-order valence-electron chi connectivity index (χ2n) is 7.64. The summed E-state index contributed by atoms with van der Waals surface area (Å²) in [6.07, 6.45) is 0.524. The summed E-state index contributed by atoms with van der Waals surface area (Å²) in [6, 6.07) is 10.3. The smallest absolute Gasteiger partial charge is 0.242 e. The normalized spacial score (nSPS) is 12.0. The molecular formula is C23H27Cl2FN2O2. The quantitative estimate of drug-likeness (QED) is 0.564. The van der Waals surface area contributed by atoms with Crippen LogP contribution in [-0.2, 0) is 22.6 Å². The summed E-state index contributed by atoms with van der Waals surface area (Å²) < 4.78 is 13.2. The van der Waals surface area contributed by atoms with Gasteiger partial charge in [0.2, 0.25) is 11.8 Å². The van der Waals surface area contributed by atoms with Crippen molar-refractivity contribution in [1.82, 2.24) is 10.2 Å². The predicted molar refractivity (Wildman–Crippen MR) is 119 cm³/mol. The Balaban J connectivity index is 2.28. The lowest BCUT2D eigenvalue weighted by Crippen LogP contribution is -2.50. The van der Waals surface area contributed by atoms with Gasteiger partial charge in [-0.15, -0.1) is 0 Å². The summed E-state index contributed by atoms with van der Waals surface area (Å²) in [5.74, 6) is -0.485.